The summed E-state index contributed by atoms with van der Waals surface area (Å²) in [6, 6.07) is 10.9. The maximum absolute atomic E-state index is 12.2. The molecule has 1 aliphatic heterocycles. The predicted molar refractivity (Wildman–Crippen MR) is 101 cm³/mol. The Bertz CT molecular complexity index is 915. The van der Waals surface area contributed by atoms with E-state index in [0.717, 1.165) is 0 Å². The van der Waals surface area contributed by atoms with Gasteiger partial charge >= 0.3 is 5.97 Å². The average molecular weight is 400 g/mol. The molecule has 0 fully saturated rings. The summed E-state index contributed by atoms with van der Waals surface area (Å²) in [5, 5.41) is 13.8. The first-order chi connectivity index (χ1) is 13.9. The van der Waals surface area contributed by atoms with Crippen molar-refractivity contribution in [3.8, 4) is 5.75 Å². The smallest absolute Gasteiger partial charge is 0.308 e. The average Bonchev–Trinajstić information content (AvgIpc) is 2.72. The molecule has 1 N–H and O–H groups in total. The molecule has 29 heavy (non-hydrogen) atoms. The summed E-state index contributed by atoms with van der Waals surface area (Å²) >= 11 is 0. The molecule has 0 spiro atoms. The molecular formula is C20H20N2O7. The summed E-state index contributed by atoms with van der Waals surface area (Å²) in [5.41, 5.74) is 1.29. The number of rotatable bonds is 7. The van der Waals surface area contributed by atoms with Crippen LogP contribution in [0.3, 0.4) is 0 Å². The maximum atomic E-state index is 12.2. The number of esters is 1. The van der Waals surface area contributed by atoms with Gasteiger partial charge in [0.15, 0.2) is 6.79 Å². The van der Waals surface area contributed by atoms with Gasteiger partial charge in [-0.05, 0) is 19.1 Å². The SMILES string of the molecule is CC(CC(=O)OCc1cc([N+](=O)[O-])cc2c1OCOC2)NC(=O)c1ccccc1. The molecule has 0 aliphatic carbocycles. The van der Waals surface area contributed by atoms with Gasteiger partial charge in [-0.2, -0.15) is 0 Å². The van der Waals surface area contributed by atoms with Gasteiger partial charge in [0.25, 0.3) is 11.6 Å². The molecular weight excluding hydrogens is 380 g/mol. The first kappa shape index (κ1) is 20.3. The number of nitro benzene ring substituents is 1. The van der Waals surface area contributed by atoms with Gasteiger partial charge in [0.1, 0.15) is 12.4 Å². The van der Waals surface area contributed by atoms with Crippen molar-refractivity contribution in [3.63, 3.8) is 0 Å². The van der Waals surface area contributed by atoms with Crippen LogP contribution in [0.4, 0.5) is 5.69 Å². The molecule has 0 saturated carbocycles. The minimum absolute atomic E-state index is 0.0221. The quantitative estimate of drug-likeness (QED) is 0.431. The lowest BCUT2D eigenvalue weighted by atomic mass is 10.1. The van der Waals surface area contributed by atoms with Crippen molar-refractivity contribution in [1.29, 1.82) is 0 Å². The van der Waals surface area contributed by atoms with Crippen LogP contribution in [0.15, 0.2) is 42.5 Å². The van der Waals surface area contributed by atoms with E-state index in [4.69, 9.17) is 14.2 Å². The summed E-state index contributed by atoms with van der Waals surface area (Å²) in [6.07, 6.45) is -0.0420. The number of hydrogen-bond acceptors (Lipinski definition) is 7. The van der Waals surface area contributed by atoms with Crippen molar-refractivity contribution in [2.24, 2.45) is 0 Å². The summed E-state index contributed by atoms with van der Waals surface area (Å²) in [5.74, 6) is -0.398. The molecule has 0 saturated heterocycles. The van der Waals surface area contributed by atoms with Crippen LogP contribution in [0.2, 0.25) is 0 Å². The molecule has 9 heteroatoms. The number of carbonyl (C=O) groups is 2. The lowest BCUT2D eigenvalue weighted by Crippen LogP contribution is -2.34. The Hall–Kier alpha value is -3.46. The van der Waals surface area contributed by atoms with Gasteiger partial charge in [-0.25, -0.2) is 0 Å². The topological polar surface area (TPSA) is 117 Å². The molecule has 0 bridgehead atoms. The third-order valence-electron chi connectivity index (χ3n) is 4.26. The zero-order valence-electron chi connectivity index (χ0n) is 15.8. The number of nitrogens with zero attached hydrogens (tertiary/aromatic N) is 1. The van der Waals surface area contributed by atoms with E-state index in [1.54, 1.807) is 37.3 Å². The fourth-order valence-corrected chi connectivity index (χ4v) is 2.91. The van der Waals surface area contributed by atoms with Crippen LogP contribution in [0.25, 0.3) is 0 Å². The molecule has 1 heterocycles. The Kier molecular flexibility index (Phi) is 6.40. The van der Waals surface area contributed by atoms with Crippen LogP contribution >= 0.6 is 0 Å². The van der Waals surface area contributed by atoms with Crippen LogP contribution in [0, 0.1) is 10.1 Å². The second-order valence-electron chi connectivity index (χ2n) is 6.57. The van der Waals surface area contributed by atoms with E-state index in [0.29, 0.717) is 22.4 Å². The van der Waals surface area contributed by atoms with Crippen molar-refractivity contribution in [2.45, 2.75) is 32.6 Å². The van der Waals surface area contributed by atoms with E-state index < -0.39 is 16.9 Å². The van der Waals surface area contributed by atoms with E-state index in [-0.39, 0.29) is 38.0 Å². The fourth-order valence-electron chi connectivity index (χ4n) is 2.91. The van der Waals surface area contributed by atoms with E-state index >= 15 is 0 Å². The normalized spacial score (nSPS) is 13.6. The highest BCUT2D eigenvalue weighted by molar-refractivity contribution is 5.94. The monoisotopic (exact) mass is 400 g/mol. The Morgan fingerprint density at radius 1 is 1.28 bits per heavy atom. The van der Waals surface area contributed by atoms with Gasteiger partial charge in [-0.1, -0.05) is 18.2 Å². The van der Waals surface area contributed by atoms with Crippen LogP contribution in [-0.2, 0) is 27.5 Å². The van der Waals surface area contributed by atoms with Gasteiger partial charge in [-0.15, -0.1) is 0 Å². The highest BCUT2D eigenvalue weighted by atomic mass is 16.7. The van der Waals surface area contributed by atoms with Crippen molar-refractivity contribution < 1.29 is 28.7 Å². The zero-order chi connectivity index (χ0) is 20.8. The molecule has 9 nitrogen and oxygen atoms in total. The number of ether oxygens (including phenoxy) is 3. The molecule has 1 aliphatic rings. The lowest BCUT2D eigenvalue weighted by molar-refractivity contribution is -0.385. The molecule has 3 rings (SSSR count). The Morgan fingerprint density at radius 2 is 2.03 bits per heavy atom. The summed E-state index contributed by atoms with van der Waals surface area (Å²) in [7, 11) is 0. The van der Waals surface area contributed by atoms with Crippen molar-refractivity contribution in [3.05, 3.63) is 69.3 Å². The number of fused-ring (bicyclic) bond motifs is 1. The number of carbonyl (C=O) groups excluding carboxylic acids is 2. The predicted octanol–water partition coefficient (Wildman–Crippen LogP) is 2.71. The number of hydrogen-bond donors (Lipinski definition) is 1. The summed E-state index contributed by atoms with van der Waals surface area (Å²) in [6.45, 7) is 1.72. The Morgan fingerprint density at radius 3 is 2.76 bits per heavy atom. The molecule has 1 amide bonds. The minimum Gasteiger partial charge on any atom is -0.467 e. The van der Waals surface area contributed by atoms with Crippen molar-refractivity contribution in [1.82, 2.24) is 5.32 Å². The zero-order valence-corrected chi connectivity index (χ0v) is 15.8. The number of nitro groups is 1. The first-order valence-electron chi connectivity index (χ1n) is 8.96. The largest absolute Gasteiger partial charge is 0.467 e. The minimum atomic E-state index is -0.543. The van der Waals surface area contributed by atoms with Crippen LogP contribution in [0.1, 0.15) is 34.8 Å². The third-order valence-corrected chi connectivity index (χ3v) is 4.26. The molecule has 1 atom stereocenters. The van der Waals surface area contributed by atoms with E-state index in [1.807, 2.05) is 0 Å². The lowest BCUT2D eigenvalue weighted by Gasteiger charge is -2.20. The van der Waals surface area contributed by atoms with Crippen LogP contribution in [0.5, 0.6) is 5.75 Å². The Labute approximate surface area is 166 Å². The van der Waals surface area contributed by atoms with E-state index in [9.17, 15) is 19.7 Å². The number of non-ortho nitro benzene ring substituents is 1. The second-order valence-corrected chi connectivity index (χ2v) is 6.57. The molecule has 0 radical (unpaired) electrons. The standard InChI is InChI=1S/C20H20N2O7/c1-13(21-20(24)14-5-3-2-4-6-14)7-18(23)28-11-16-9-17(22(25)26)8-15-10-27-12-29-19(15)16/h2-6,8-9,13H,7,10-12H2,1H3,(H,21,24). The number of benzene rings is 2. The molecule has 0 aromatic heterocycles. The van der Waals surface area contributed by atoms with Crippen LogP contribution in [-0.4, -0.2) is 29.6 Å². The maximum Gasteiger partial charge on any atom is 0.308 e. The van der Waals surface area contributed by atoms with Crippen LogP contribution < -0.4 is 10.1 Å². The molecule has 1 unspecified atom stereocenters. The van der Waals surface area contributed by atoms with E-state index in [2.05, 4.69) is 5.32 Å². The highest BCUT2D eigenvalue weighted by Gasteiger charge is 2.22. The first-order valence-corrected chi connectivity index (χ1v) is 8.96. The Balaban J connectivity index is 1.58. The number of amides is 1. The van der Waals surface area contributed by atoms with Crippen molar-refractivity contribution >= 4 is 17.6 Å². The van der Waals surface area contributed by atoms with Gasteiger partial charge in [0.2, 0.25) is 0 Å². The highest BCUT2D eigenvalue weighted by Crippen LogP contribution is 2.33. The van der Waals surface area contributed by atoms with E-state index in [1.165, 1.54) is 12.1 Å². The summed E-state index contributed by atoms with van der Waals surface area (Å²) < 4.78 is 15.8. The van der Waals surface area contributed by atoms with Gasteiger partial charge in [0.05, 0.1) is 18.0 Å². The third kappa shape index (κ3) is 5.29. The summed E-state index contributed by atoms with van der Waals surface area (Å²) in [4.78, 5) is 34.9. The van der Waals surface area contributed by atoms with Crippen molar-refractivity contribution in [2.75, 3.05) is 6.79 Å². The molecule has 2 aromatic rings. The fraction of sp³-hybridized carbons (Fsp3) is 0.300. The van der Waals surface area contributed by atoms with Gasteiger partial charge in [0, 0.05) is 34.9 Å². The molecule has 152 valence electrons. The second kappa shape index (κ2) is 9.16. The molecule has 2 aromatic carbocycles. The van der Waals surface area contributed by atoms with Gasteiger partial charge in [-0.3, -0.25) is 19.7 Å². The van der Waals surface area contributed by atoms with Gasteiger partial charge < -0.3 is 19.5 Å². The number of nitrogens with one attached hydrogen (secondary N) is 1.